The Morgan fingerprint density at radius 3 is 2.48 bits per heavy atom. The topological polar surface area (TPSA) is 58.6 Å². The molecule has 0 aromatic heterocycles. The molecule has 2 saturated carbocycles. The second kappa shape index (κ2) is 9.16. The number of hydrogen-bond acceptors (Lipinski definition) is 3. The predicted molar refractivity (Wildman–Crippen MR) is 123 cm³/mol. The molecule has 33 heavy (non-hydrogen) atoms. The van der Waals surface area contributed by atoms with Crippen molar-refractivity contribution in [2.24, 2.45) is 5.92 Å². The molecule has 1 aliphatic heterocycles. The number of carbonyl (C=O) groups is 2. The number of nitrogens with zero attached hydrogens (tertiary/aromatic N) is 1. The summed E-state index contributed by atoms with van der Waals surface area (Å²) in [5.74, 6) is 0.463. The van der Waals surface area contributed by atoms with Gasteiger partial charge in [0.1, 0.15) is 11.6 Å². The van der Waals surface area contributed by atoms with Crippen LogP contribution in [-0.2, 0) is 16.0 Å². The molecule has 5 rings (SSSR count). The Hall–Kier alpha value is -2.89. The van der Waals surface area contributed by atoms with Crippen LogP contribution in [0.3, 0.4) is 0 Å². The van der Waals surface area contributed by atoms with Gasteiger partial charge in [-0.05, 0) is 80.0 Å². The molecule has 2 fully saturated rings. The van der Waals surface area contributed by atoms with E-state index in [1.54, 1.807) is 19.1 Å². The highest BCUT2D eigenvalue weighted by Gasteiger charge is 2.36. The quantitative estimate of drug-likeness (QED) is 0.703. The van der Waals surface area contributed by atoms with Gasteiger partial charge >= 0.3 is 0 Å². The van der Waals surface area contributed by atoms with Crippen LogP contribution >= 0.6 is 0 Å². The Bertz CT molecular complexity index is 1030. The fourth-order valence-electron chi connectivity index (χ4n) is 5.12. The number of hydrogen-bond donors (Lipinski definition) is 1. The van der Waals surface area contributed by atoms with Gasteiger partial charge in [-0.25, -0.2) is 4.39 Å². The van der Waals surface area contributed by atoms with E-state index in [-0.39, 0.29) is 35.6 Å². The first kappa shape index (κ1) is 21.9. The largest absolute Gasteiger partial charge is 0.481 e. The number of benzene rings is 2. The lowest BCUT2D eigenvalue weighted by Crippen LogP contribution is -2.43. The van der Waals surface area contributed by atoms with E-state index >= 15 is 0 Å². The third kappa shape index (κ3) is 4.75. The monoisotopic (exact) mass is 450 g/mol. The minimum absolute atomic E-state index is 0.0695. The van der Waals surface area contributed by atoms with Crippen molar-refractivity contribution in [1.29, 1.82) is 0 Å². The number of rotatable bonds is 6. The number of carbonyl (C=O) groups excluding carboxylic acids is 2. The summed E-state index contributed by atoms with van der Waals surface area (Å²) in [6.07, 6.45) is 6.30. The van der Waals surface area contributed by atoms with Crippen LogP contribution < -0.4 is 10.1 Å². The van der Waals surface area contributed by atoms with Crippen LogP contribution in [0.25, 0.3) is 0 Å². The second-order valence-corrected chi connectivity index (χ2v) is 9.62. The number of amides is 2. The van der Waals surface area contributed by atoms with Gasteiger partial charge in [0, 0.05) is 18.5 Å². The summed E-state index contributed by atoms with van der Waals surface area (Å²) < 4.78 is 19.7. The van der Waals surface area contributed by atoms with Gasteiger partial charge in [0.2, 0.25) is 5.91 Å². The first-order valence-electron chi connectivity index (χ1n) is 12.2. The molecular weight excluding hydrogens is 419 g/mol. The first-order valence-corrected chi connectivity index (χ1v) is 12.2. The number of halogens is 1. The molecule has 0 spiro atoms. The normalized spacial score (nSPS) is 21.4. The summed E-state index contributed by atoms with van der Waals surface area (Å²) in [5, 5.41) is 2.98. The maximum Gasteiger partial charge on any atom is 0.260 e. The van der Waals surface area contributed by atoms with Gasteiger partial charge in [0.15, 0.2) is 6.10 Å². The van der Waals surface area contributed by atoms with Gasteiger partial charge in [-0.15, -0.1) is 0 Å². The molecule has 2 amide bonds. The molecular formula is C27H31FN2O3. The third-order valence-corrected chi connectivity index (χ3v) is 7.12. The molecule has 2 aromatic carbocycles. The average molecular weight is 451 g/mol. The summed E-state index contributed by atoms with van der Waals surface area (Å²) in [5.41, 5.74) is 3.04. The summed E-state index contributed by atoms with van der Waals surface area (Å²) >= 11 is 0. The van der Waals surface area contributed by atoms with Crippen LogP contribution in [0, 0.1) is 11.7 Å². The molecule has 2 atom stereocenters. The van der Waals surface area contributed by atoms with Gasteiger partial charge in [-0.3, -0.25) is 9.59 Å². The molecule has 174 valence electrons. The van der Waals surface area contributed by atoms with Crippen molar-refractivity contribution >= 4 is 11.8 Å². The maximum absolute atomic E-state index is 13.7. The Morgan fingerprint density at radius 2 is 1.79 bits per heavy atom. The first-order chi connectivity index (χ1) is 16.0. The molecule has 1 heterocycles. The number of nitrogens with one attached hydrogen (secondary N) is 1. The Labute approximate surface area is 194 Å². The van der Waals surface area contributed by atoms with Crippen molar-refractivity contribution in [3.05, 3.63) is 65.0 Å². The molecule has 3 aliphatic rings. The summed E-state index contributed by atoms with van der Waals surface area (Å²) in [7, 11) is 0. The van der Waals surface area contributed by atoms with Crippen LogP contribution in [0.1, 0.15) is 68.2 Å². The zero-order chi connectivity index (χ0) is 22.9. The number of ether oxygens (including phenoxy) is 1. The fraction of sp³-hybridized carbons (Fsp3) is 0.481. The summed E-state index contributed by atoms with van der Waals surface area (Å²) in [6.45, 7) is 2.40. The molecule has 0 saturated heterocycles. The van der Waals surface area contributed by atoms with Gasteiger partial charge in [-0.1, -0.05) is 31.0 Å². The smallest absolute Gasteiger partial charge is 0.260 e. The molecule has 0 radical (unpaired) electrons. The SMILES string of the molecule is CC(Oc1ccc2c(c1)C(c1ccc(F)cc1)N(C(=O)C1CCCC1)CC2)C(=O)NC1CC1. The van der Waals surface area contributed by atoms with Gasteiger partial charge < -0.3 is 15.0 Å². The van der Waals surface area contributed by atoms with Crippen LogP contribution in [0.4, 0.5) is 4.39 Å². The van der Waals surface area contributed by atoms with Crippen molar-refractivity contribution in [1.82, 2.24) is 10.2 Å². The highest BCUT2D eigenvalue weighted by atomic mass is 19.1. The lowest BCUT2D eigenvalue weighted by atomic mass is 9.87. The van der Waals surface area contributed by atoms with E-state index in [4.69, 9.17) is 4.74 Å². The molecule has 2 aromatic rings. The highest BCUT2D eigenvalue weighted by molar-refractivity contribution is 5.81. The lowest BCUT2D eigenvalue weighted by Gasteiger charge is -2.39. The minimum atomic E-state index is -0.604. The molecule has 6 heteroatoms. The van der Waals surface area contributed by atoms with E-state index in [1.165, 1.54) is 12.1 Å². The maximum atomic E-state index is 13.7. The molecule has 5 nitrogen and oxygen atoms in total. The van der Waals surface area contributed by atoms with Crippen LogP contribution in [0.2, 0.25) is 0 Å². The summed E-state index contributed by atoms with van der Waals surface area (Å²) in [6, 6.07) is 12.3. The average Bonchev–Trinajstić information content (AvgIpc) is 3.46. The molecule has 0 bridgehead atoms. The van der Waals surface area contributed by atoms with E-state index in [9.17, 15) is 14.0 Å². The van der Waals surface area contributed by atoms with Crippen molar-refractivity contribution < 1.29 is 18.7 Å². The Kier molecular flexibility index (Phi) is 6.09. The van der Waals surface area contributed by atoms with E-state index in [0.29, 0.717) is 12.3 Å². The summed E-state index contributed by atoms with van der Waals surface area (Å²) in [4.78, 5) is 27.8. The van der Waals surface area contributed by atoms with E-state index < -0.39 is 6.10 Å². The minimum Gasteiger partial charge on any atom is -0.481 e. The van der Waals surface area contributed by atoms with Crippen molar-refractivity contribution in [2.45, 2.75) is 70.1 Å². The van der Waals surface area contributed by atoms with Gasteiger partial charge in [-0.2, -0.15) is 0 Å². The zero-order valence-corrected chi connectivity index (χ0v) is 19.1. The van der Waals surface area contributed by atoms with Crippen LogP contribution in [0.5, 0.6) is 5.75 Å². The van der Waals surface area contributed by atoms with Gasteiger partial charge in [0.05, 0.1) is 6.04 Å². The van der Waals surface area contributed by atoms with Gasteiger partial charge in [0.25, 0.3) is 5.91 Å². The second-order valence-electron chi connectivity index (χ2n) is 9.62. The van der Waals surface area contributed by atoms with Crippen LogP contribution in [0.15, 0.2) is 42.5 Å². The van der Waals surface area contributed by atoms with E-state index in [1.807, 2.05) is 23.1 Å². The van der Waals surface area contributed by atoms with Crippen molar-refractivity contribution in [2.75, 3.05) is 6.54 Å². The highest BCUT2D eigenvalue weighted by Crippen LogP contribution is 2.40. The van der Waals surface area contributed by atoms with Crippen molar-refractivity contribution in [3.8, 4) is 5.75 Å². The fourth-order valence-corrected chi connectivity index (χ4v) is 5.12. The number of fused-ring (bicyclic) bond motifs is 1. The Morgan fingerprint density at radius 1 is 1.06 bits per heavy atom. The molecule has 2 aliphatic carbocycles. The van der Waals surface area contributed by atoms with Crippen molar-refractivity contribution in [3.63, 3.8) is 0 Å². The predicted octanol–water partition coefficient (Wildman–Crippen LogP) is 4.54. The molecule has 2 unspecified atom stereocenters. The Balaban J connectivity index is 1.45. The van der Waals surface area contributed by atoms with Crippen LogP contribution in [-0.4, -0.2) is 35.4 Å². The zero-order valence-electron chi connectivity index (χ0n) is 19.1. The standard InChI is InChI=1S/C27H31FN2O3/c1-17(26(31)29-22-11-12-22)33-23-13-8-18-14-15-30(27(32)20-4-2-3-5-20)25(24(18)16-23)19-6-9-21(28)10-7-19/h6-10,13,16-17,20,22,25H,2-5,11-12,14-15H2,1H3,(H,29,31). The lowest BCUT2D eigenvalue weighted by molar-refractivity contribution is -0.137. The van der Waals surface area contributed by atoms with E-state index in [0.717, 1.165) is 61.6 Å². The van der Waals surface area contributed by atoms with E-state index in [2.05, 4.69) is 5.32 Å². The molecule has 1 N–H and O–H groups in total. The third-order valence-electron chi connectivity index (χ3n) is 7.12.